The molecule has 7 nitrogen and oxygen atoms in total. The number of nitrogens with zero attached hydrogens (tertiary/aromatic N) is 3. The summed E-state index contributed by atoms with van der Waals surface area (Å²) in [6.45, 7) is 3.17. The Bertz CT molecular complexity index is 1170. The molecule has 3 heterocycles. The van der Waals surface area contributed by atoms with Crippen molar-refractivity contribution in [1.29, 1.82) is 0 Å². The van der Waals surface area contributed by atoms with Crippen LogP contribution in [-0.2, 0) is 24.5 Å². The van der Waals surface area contributed by atoms with Gasteiger partial charge >= 0.3 is 0 Å². The molecule has 0 unspecified atom stereocenters. The zero-order chi connectivity index (χ0) is 22.0. The van der Waals surface area contributed by atoms with Crippen LogP contribution in [0, 0.1) is 5.82 Å². The molecule has 10 heteroatoms. The number of carbonyl (C=O) groups is 1. The van der Waals surface area contributed by atoms with Crippen LogP contribution in [0.1, 0.15) is 24.0 Å². The minimum Gasteiger partial charge on any atom is -0.484 e. The zero-order valence-corrected chi connectivity index (χ0v) is 18.0. The van der Waals surface area contributed by atoms with Crippen molar-refractivity contribution in [1.82, 2.24) is 20.0 Å². The summed E-state index contributed by atoms with van der Waals surface area (Å²) in [5, 5.41) is 7.63. The Hall–Kier alpha value is -3.17. The fourth-order valence-electron chi connectivity index (χ4n) is 2.99. The van der Waals surface area contributed by atoms with Crippen molar-refractivity contribution in [2.75, 3.05) is 0 Å². The molecule has 0 bridgehead atoms. The molecule has 3 aromatic rings. The first-order valence-electron chi connectivity index (χ1n) is 9.45. The summed E-state index contributed by atoms with van der Waals surface area (Å²) in [5.41, 5.74) is 1.20. The molecule has 31 heavy (non-hydrogen) atoms. The largest absolute Gasteiger partial charge is 0.484 e. The van der Waals surface area contributed by atoms with Crippen LogP contribution in [0.4, 0.5) is 4.39 Å². The maximum Gasteiger partial charge on any atom is 0.276 e. The molecule has 0 saturated carbocycles. The van der Waals surface area contributed by atoms with Crippen molar-refractivity contribution in [2.24, 2.45) is 0 Å². The van der Waals surface area contributed by atoms with E-state index in [0.29, 0.717) is 34.6 Å². The number of furan rings is 1. The van der Waals surface area contributed by atoms with Crippen LogP contribution in [0.25, 0.3) is 6.08 Å². The predicted molar refractivity (Wildman–Crippen MR) is 117 cm³/mol. The van der Waals surface area contributed by atoms with Gasteiger partial charge in [-0.3, -0.25) is 14.4 Å². The van der Waals surface area contributed by atoms with Crippen molar-refractivity contribution < 1.29 is 18.3 Å². The third kappa shape index (κ3) is 4.78. The van der Waals surface area contributed by atoms with Crippen molar-refractivity contribution in [3.8, 4) is 5.75 Å². The van der Waals surface area contributed by atoms with Crippen LogP contribution in [0.2, 0.25) is 5.02 Å². The number of benzene rings is 1. The maximum atomic E-state index is 13.1. The van der Waals surface area contributed by atoms with E-state index in [1.54, 1.807) is 29.1 Å². The number of aryl methyl sites for hydroxylation is 1. The Morgan fingerprint density at radius 3 is 2.94 bits per heavy atom. The van der Waals surface area contributed by atoms with E-state index in [-0.39, 0.29) is 17.5 Å². The van der Waals surface area contributed by atoms with Crippen molar-refractivity contribution in [2.45, 2.75) is 26.6 Å². The number of hydrogen-bond donors (Lipinski definition) is 1. The maximum absolute atomic E-state index is 13.1. The summed E-state index contributed by atoms with van der Waals surface area (Å²) in [6, 6.07) is 7.32. The molecule has 0 radical (unpaired) electrons. The Labute approximate surface area is 188 Å². The second-order valence-corrected chi connectivity index (χ2v) is 7.55. The van der Waals surface area contributed by atoms with E-state index in [9.17, 15) is 9.18 Å². The molecular formula is C21H18ClFN4O3S. The molecule has 1 aliphatic heterocycles. The summed E-state index contributed by atoms with van der Waals surface area (Å²) >= 11 is 11.3. The van der Waals surface area contributed by atoms with E-state index in [2.05, 4.69) is 10.4 Å². The number of nitrogens with one attached hydrogen (secondary N) is 1. The second kappa shape index (κ2) is 8.91. The van der Waals surface area contributed by atoms with Crippen molar-refractivity contribution in [3.63, 3.8) is 0 Å². The number of hydrogen-bond acceptors (Lipinski definition) is 5. The van der Waals surface area contributed by atoms with Crippen LogP contribution in [0.3, 0.4) is 0 Å². The van der Waals surface area contributed by atoms with Gasteiger partial charge < -0.3 is 14.5 Å². The number of carbonyl (C=O) groups excluding carboxylic acids is 1. The van der Waals surface area contributed by atoms with Gasteiger partial charge in [-0.1, -0.05) is 11.6 Å². The van der Waals surface area contributed by atoms with Gasteiger partial charge in [0.1, 0.15) is 35.4 Å². The van der Waals surface area contributed by atoms with Crippen LogP contribution >= 0.6 is 23.8 Å². The Kier molecular flexibility index (Phi) is 6.06. The Morgan fingerprint density at radius 2 is 2.19 bits per heavy atom. The highest BCUT2D eigenvalue weighted by atomic mass is 35.5. The Morgan fingerprint density at radius 1 is 1.35 bits per heavy atom. The molecule has 1 aliphatic rings. The summed E-state index contributed by atoms with van der Waals surface area (Å²) < 4.78 is 26.2. The minimum atomic E-state index is -0.441. The SMILES string of the molecule is CCn1cc(CN2C(=O)/C(=C\c3ccc(COc4ccc(F)cc4Cl)o3)NC2=S)cn1. The molecule has 2 aromatic heterocycles. The van der Waals surface area contributed by atoms with Gasteiger partial charge in [-0.2, -0.15) is 5.10 Å². The van der Waals surface area contributed by atoms with E-state index in [1.807, 2.05) is 13.1 Å². The number of thiocarbonyl (C=S) groups is 1. The van der Waals surface area contributed by atoms with Gasteiger partial charge in [0.2, 0.25) is 0 Å². The number of amides is 1. The molecule has 1 fully saturated rings. The van der Waals surface area contributed by atoms with Gasteiger partial charge in [-0.25, -0.2) is 4.39 Å². The first kappa shape index (κ1) is 21.1. The van der Waals surface area contributed by atoms with Crippen LogP contribution in [0.15, 0.2) is 52.8 Å². The zero-order valence-electron chi connectivity index (χ0n) is 16.5. The first-order chi connectivity index (χ1) is 14.9. The average molecular weight is 461 g/mol. The van der Waals surface area contributed by atoms with Gasteiger partial charge in [-0.15, -0.1) is 0 Å². The number of halogens is 2. The summed E-state index contributed by atoms with van der Waals surface area (Å²) in [5.74, 6) is 0.636. The van der Waals surface area contributed by atoms with E-state index >= 15 is 0 Å². The average Bonchev–Trinajstić information content (AvgIpc) is 3.44. The smallest absolute Gasteiger partial charge is 0.276 e. The van der Waals surface area contributed by atoms with Gasteiger partial charge in [0.15, 0.2) is 5.11 Å². The minimum absolute atomic E-state index is 0.0991. The number of rotatable bonds is 7. The lowest BCUT2D eigenvalue weighted by molar-refractivity contribution is -0.122. The molecule has 4 rings (SSSR count). The molecule has 0 atom stereocenters. The standard InChI is InChI=1S/C21H18ClFN4O3S/c1-2-26-10-13(9-24-26)11-27-20(28)18(25-21(27)31)8-15-4-5-16(30-15)12-29-19-6-3-14(23)7-17(19)22/h3-10H,2,11-12H2,1H3,(H,25,31)/b18-8+. The highest BCUT2D eigenvalue weighted by molar-refractivity contribution is 7.80. The third-order valence-electron chi connectivity index (χ3n) is 4.55. The normalized spacial score (nSPS) is 15.1. The molecule has 1 N–H and O–H groups in total. The molecule has 0 spiro atoms. The summed E-state index contributed by atoms with van der Waals surface area (Å²) in [6.07, 6.45) is 5.18. The fraction of sp³-hybridized carbons (Fsp3) is 0.190. The van der Waals surface area contributed by atoms with Gasteiger partial charge in [0, 0.05) is 24.4 Å². The van der Waals surface area contributed by atoms with E-state index in [4.69, 9.17) is 33.0 Å². The molecule has 0 aliphatic carbocycles. The first-order valence-corrected chi connectivity index (χ1v) is 10.2. The summed E-state index contributed by atoms with van der Waals surface area (Å²) in [7, 11) is 0. The van der Waals surface area contributed by atoms with Crippen LogP contribution < -0.4 is 10.1 Å². The summed E-state index contributed by atoms with van der Waals surface area (Å²) in [4.78, 5) is 14.2. The highest BCUT2D eigenvalue weighted by Gasteiger charge is 2.31. The lowest BCUT2D eigenvalue weighted by Gasteiger charge is -2.12. The number of aromatic nitrogens is 2. The lowest BCUT2D eigenvalue weighted by atomic mass is 10.3. The van der Waals surface area contributed by atoms with Crippen molar-refractivity contribution in [3.05, 3.63) is 76.3 Å². The van der Waals surface area contributed by atoms with Gasteiger partial charge in [-0.05, 0) is 49.5 Å². The predicted octanol–water partition coefficient (Wildman–Crippen LogP) is 4.13. The van der Waals surface area contributed by atoms with E-state index in [0.717, 1.165) is 12.1 Å². The molecular weight excluding hydrogens is 443 g/mol. The monoisotopic (exact) mass is 460 g/mol. The molecule has 1 saturated heterocycles. The van der Waals surface area contributed by atoms with E-state index in [1.165, 1.54) is 23.1 Å². The fourth-order valence-corrected chi connectivity index (χ4v) is 3.47. The third-order valence-corrected chi connectivity index (χ3v) is 5.16. The van der Waals surface area contributed by atoms with Crippen LogP contribution in [0.5, 0.6) is 5.75 Å². The quantitative estimate of drug-likeness (QED) is 0.422. The molecule has 160 valence electrons. The highest BCUT2D eigenvalue weighted by Crippen LogP contribution is 2.26. The van der Waals surface area contributed by atoms with E-state index < -0.39 is 5.82 Å². The van der Waals surface area contributed by atoms with Crippen molar-refractivity contribution >= 4 is 40.9 Å². The van der Waals surface area contributed by atoms with Gasteiger partial charge in [0.25, 0.3) is 5.91 Å². The van der Waals surface area contributed by atoms with Gasteiger partial charge in [0.05, 0.1) is 17.8 Å². The number of ether oxygens (including phenoxy) is 1. The second-order valence-electron chi connectivity index (χ2n) is 6.75. The topological polar surface area (TPSA) is 72.5 Å². The van der Waals surface area contributed by atoms with Crippen LogP contribution in [-0.4, -0.2) is 25.7 Å². The Balaban J connectivity index is 1.41. The lowest BCUT2D eigenvalue weighted by Crippen LogP contribution is -2.29. The molecule has 1 amide bonds. The molecule has 1 aromatic carbocycles.